The zero-order chi connectivity index (χ0) is 21.1. The molecule has 1 saturated heterocycles. The lowest BCUT2D eigenvalue weighted by Gasteiger charge is -2.30. The Morgan fingerprint density at radius 1 is 1.34 bits per heavy atom. The van der Waals surface area contributed by atoms with Gasteiger partial charge in [0.25, 0.3) is 11.8 Å². The third-order valence-electron chi connectivity index (χ3n) is 4.63. The number of nitrogens with zero attached hydrogens (tertiary/aromatic N) is 4. The van der Waals surface area contributed by atoms with Crippen molar-refractivity contribution in [2.45, 2.75) is 31.8 Å². The predicted molar refractivity (Wildman–Crippen MR) is 103 cm³/mol. The van der Waals surface area contributed by atoms with Crippen molar-refractivity contribution < 1.29 is 19.4 Å². The van der Waals surface area contributed by atoms with Gasteiger partial charge in [-0.1, -0.05) is 20.8 Å². The Morgan fingerprint density at radius 3 is 2.79 bits per heavy atom. The average molecular weight is 402 g/mol. The molecule has 1 fully saturated rings. The number of rotatable bonds is 4. The van der Waals surface area contributed by atoms with Gasteiger partial charge in [-0.05, 0) is 6.07 Å². The van der Waals surface area contributed by atoms with Crippen LogP contribution in [-0.4, -0.2) is 80.4 Å². The van der Waals surface area contributed by atoms with Gasteiger partial charge in [-0.15, -0.1) is 0 Å². The first-order valence-electron chi connectivity index (χ1n) is 9.37. The fourth-order valence-electron chi connectivity index (χ4n) is 2.93. The number of carbonyl (C=O) groups excluding carboxylic acids is 2. The summed E-state index contributed by atoms with van der Waals surface area (Å²) in [5.41, 5.74) is -0.336. The van der Waals surface area contributed by atoms with Gasteiger partial charge in [-0.3, -0.25) is 19.7 Å². The highest BCUT2D eigenvalue weighted by Crippen LogP contribution is 2.21. The Labute approximate surface area is 168 Å². The van der Waals surface area contributed by atoms with E-state index >= 15 is 0 Å². The number of aromatic amines is 1. The molecule has 0 bridgehead atoms. The minimum atomic E-state index is -1.44. The van der Waals surface area contributed by atoms with E-state index in [-0.39, 0.29) is 49.0 Å². The Hall–Kier alpha value is -2.85. The highest BCUT2D eigenvalue weighted by Gasteiger charge is 2.36. The van der Waals surface area contributed by atoms with Crippen molar-refractivity contribution in [1.29, 1.82) is 0 Å². The first-order chi connectivity index (χ1) is 13.7. The van der Waals surface area contributed by atoms with Crippen LogP contribution >= 0.6 is 0 Å². The first kappa shape index (κ1) is 20.9. The number of hydrogen-bond donors (Lipinski definition) is 3. The van der Waals surface area contributed by atoms with Crippen LogP contribution in [0.2, 0.25) is 0 Å². The Morgan fingerprint density at radius 2 is 2.14 bits per heavy atom. The summed E-state index contributed by atoms with van der Waals surface area (Å²) in [6.07, 6.45) is 4.21. The van der Waals surface area contributed by atoms with E-state index in [0.29, 0.717) is 6.54 Å². The number of nitrogens with one attached hydrogen (secondary N) is 2. The summed E-state index contributed by atoms with van der Waals surface area (Å²) >= 11 is 0. The molecule has 0 saturated carbocycles. The lowest BCUT2D eigenvalue weighted by atomic mass is 9.92. The standard InChI is InChI=1S/C19H26N6O4/c1-18(2,3)15-8-13(23-24-15)17(27)25-6-7-29-12-19(28,11-25)10-22-16(26)14-9-20-4-5-21-14/h4-5,8-9,28H,6-7,10-12H2,1-3H3,(H,22,26)(H,23,24). The molecule has 1 atom stereocenters. The van der Waals surface area contributed by atoms with E-state index in [9.17, 15) is 14.7 Å². The average Bonchev–Trinajstić information content (AvgIpc) is 3.11. The molecule has 3 rings (SSSR count). The van der Waals surface area contributed by atoms with Crippen molar-refractivity contribution >= 4 is 11.8 Å². The van der Waals surface area contributed by atoms with Crippen LogP contribution in [0.1, 0.15) is 47.4 Å². The second-order valence-electron chi connectivity index (χ2n) is 8.19. The number of hydrogen-bond acceptors (Lipinski definition) is 7. The molecule has 10 heteroatoms. The molecule has 0 spiro atoms. The maximum atomic E-state index is 12.9. The maximum Gasteiger partial charge on any atom is 0.274 e. The Balaban J connectivity index is 1.67. The third kappa shape index (κ3) is 5.15. The van der Waals surface area contributed by atoms with Crippen molar-refractivity contribution in [2.75, 3.05) is 32.8 Å². The fraction of sp³-hybridized carbons (Fsp3) is 0.526. The van der Waals surface area contributed by atoms with Gasteiger partial charge in [0.1, 0.15) is 17.0 Å². The monoisotopic (exact) mass is 402 g/mol. The molecule has 0 aliphatic carbocycles. The van der Waals surface area contributed by atoms with E-state index in [4.69, 9.17) is 4.74 Å². The van der Waals surface area contributed by atoms with Crippen LogP contribution in [0.5, 0.6) is 0 Å². The minimum absolute atomic E-state index is 0.00426. The van der Waals surface area contributed by atoms with Gasteiger partial charge < -0.3 is 20.1 Å². The molecule has 29 heavy (non-hydrogen) atoms. The summed E-state index contributed by atoms with van der Waals surface area (Å²) in [5.74, 6) is -0.767. The van der Waals surface area contributed by atoms with Crippen LogP contribution in [-0.2, 0) is 10.2 Å². The molecule has 1 aliphatic heterocycles. The molecule has 1 unspecified atom stereocenters. The number of carbonyl (C=O) groups is 2. The smallest absolute Gasteiger partial charge is 0.274 e. The van der Waals surface area contributed by atoms with Crippen LogP contribution in [0.3, 0.4) is 0 Å². The van der Waals surface area contributed by atoms with Crippen LogP contribution in [0, 0.1) is 0 Å². The summed E-state index contributed by atoms with van der Waals surface area (Å²) in [6.45, 7) is 6.56. The number of ether oxygens (including phenoxy) is 1. The molecular formula is C19H26N6O4. The molecule has 156 valence electrons. The number of aliphatic hydroxyl groups is 1. The van der Waals surface area contributed by atoms with E-state index in [0.717, 1.165) is 5.69 Å². The Bertz CT molecular complexity index is 863. The number of H-pyrrole nitrogens is 1. The molecular weight excluding hydrogens is 376 g/mol. The zero-order valence-electron chi connectivity index (χ0n) is 16.8. The SMILES string of the molecule is CC(C)(C)c1cc(C(=O)N2CCOCC(O)(CNC(=O)c3cnccn3)C2)n[nH]1. The van der Waals surface area contributed by atoms with Crippen LogP contribution in [0.4, 0.5) is 0 Å². The highest BCUT2D eigenvalue weighted by molar-refractivity contribution is 5.93. The summed E-state index contributed by atoms with van der Waals surface area (Å²) in [4.78, 5) is 34.4. The van der Waals surface area contributed by atoms with Crippen molar-refractivity contribution in [3.63, 3.8) is 0 Å². The molecule has 2 amide bonds. The molecule has 1 aliphatic rings. The lowest BCUT2D eigenvalue weighted by molar-refractivity contribution is -0.0324. The minimum Gasteiger partial charge on any atom is -0.384 e. The van der Waals surface area contributed by atoms with Gasteiger partial charge in [0, 0.05) is 30.0 Å². The molecule has 2 aromatic rings. The van der Waals surface area contributed by atoms with Gasteiger partial charge in [0.2, 0.25) is 0 Å². The molecule has 10 nitrogen and oxygen atoms in total. The summed E-state index contributed by atoms with van der Waals surface area (Å²) in [7, 11) is 0. The van der Waals surface area contributed by atoms with E-state index in [1.165, 1.54) is 23.5 Å². The molecule has 0 radical (unpaired) electrons. The summed E-state index contributed by atoms with van der Waals surface area (Å²) < 4.78 is 5.47. The van der Waals surface area contributed by atoms with Gasteiger partial charge >= 0.3 is 0 Å². The lowest BCUT2D eigenvalue weighted by Crippen LogP contribution is -2.53. The predicted octanol–water partition coefficient (Wildman–Crippen LogP) is 0.131. The topological polar surface area (TPSA) is 133 Å². The van der Waals surface area contributed by atoms with Crippen LogP contribution < -0.4 is 5.32 Å². The quantitative estimate of drug-likeness (QED) is 0.662. The highest BCUT2D eigenvalue weighted by atomic mass is 16.5. The molecule has 3 heterocycles. The summed E-state index contributed by atoms with van der Waals surface area (Å²) in [6, 6.07) is 1.73. The molecule has 0 aromatic carbocycles. The summed E-state index contributed by atoms with van der Waals surface area (Å²) in [5, 5.41) is 20.6. The van der Waals surface area contributed by atoms with Gasteiger partial charge in [-0.2, -0.15) is 5.10 Å². The fourth-order valence-corrected chi connectivity index (χ4v) is 2.93. The second-order valence-corrected chi connectivity index (χ2v) is 8.19. The second kappa shape index (κ2) is 8.26. The molecule has 3 N–H and O–H groups in total. The van der Waals surface area contributed by atoms with Crippen molar-refractivity contribution in [2.24, 2.45) is 0 Å². The largest absolute Gasteiger partial charge is 0.384 e. The van der Waals surface area contributed by atoms with E-state index in [1.807, 2.05) is 20.8 Å². The van der Waals surface area contributed by atoms with E-state index < -0.39 is 11.5 Å². The number of β-amino-alcohol motifs (C(OH)–C–C–N with tert-alkyl or cyclic N) is 1. The van der Waals surface area contributed by atoms with E-state index in [1.54, 1.807) is 6.07 Å². The number of aromatic nitrogens is 4. The van der Waals surface area contributed by atoms with Gasteiger partial charge in [0.05, 0.1) is 32.5 Å². The normalized spacial score (nSPS) is 20.2. The van der Waals surface area contributed by atoms with E-state index in [2.05, 4.69) is 25.5 Å². The Kier molecular flexibility index (Phi) is 5.94. The van der Waals surface area contributed by atoms with Crippen molar-refractivity contribution in [3.8, 4) is 0 Å². The van der Waals surface area contributed by atoms with Crippen LogP contribution in [0.15, 0.2) is 24.7 Å². The number of amides is 2. The third-order valence-corrected chi connectivity index (χ3v) is 4.63. The molecule has 2 aromatic heterocycles. The van der Waals surface area contributed by atoms with Gasteiger partial charge in [0.15, 0.2) is 0 Å². The van der Waals surface area contributed by atoms with Gasteiger partial charge in [-0.25, -0.2) is 4.98 Å². The maximum absolute atomic E-state index is 12.9. The zero-order valence-corrected chi connectivity index (χ0v) is 16.8. The van der Waals surface area contributed by atoms with Crippen molar-refractivity contribution in [1.82, 2.24) is 30.4 Å². The first-order valence-corrected chi connectivity index (χ1v) is 9.37. The van der Waals surface area contributed by atoms with Crippen molar-refractivity contribution in [3.05, 3.63) is 41.7 Å². The van der Waals surface area contributed by atoms with Crippen LogP contribution in [0.25, 0.3) is 0 Å².